The number of likely N-dealkylation sites (N-methyl/N-ethyl adjacent to an activating group) is 1. The molecule has 11 heteroatoms. The Morgan fingerprint density at radius 3 is 2.68 bits per heavy atom. The number of nitrogens with one attached hydrogen (secondary N) is 1. The summed E-state index contributed by atoms with van der Waals surface area (Å²) in [6.45, 7) is 9.65. The molecule has 37 heavy (non-hydrogen) atoms. The molecule has 1 aromatic carbocycles. The van der Waals surface area contributed by atoms with Crippen LogP contribution in [0.15, 0.2) is 42.9 Å². The first-order valence-electron chi connectivity index (χ1n) is 12.3. The van der Waals surface area contributed by atoms with Crippen LogP contribution in [-0.2, 0) is 11.3 Å². The van der Waals surface area contributed by atoms with Crippen molar-refractivity contribution in [3.8, 4) is 5.69 Å². The van der Waals surface area contributed by atoms with Crippen LogP contribution in [-0.4, -0.2) is 76.0 Å². The van der Waals surface area contributed by atoms with E-state index in [1.807, 2.05) is 70.1 Å². The number of ether oxygens (including phenoxy) is 1. The lowest BCUT2D eigenvalue weighted by Crippen LogP contribution is -2.33. The molecule has 2 aromatic heterocycles. The van der Waals surface area contributed by atoms with Gasteiger partial charge in [0.25, 0.3) is 5.91 Å². The first kappa shape index (κ1) is 25.9. The second kappa shape index (κ2) is 10.5. The second-order valence-electron chi connectivity index (χ2n) is 9.99. The zero-order chi connectivity index (χ0) is 26.7. The normalized spacial score (nSPS) is 13.7. The van der Waals surface area contributed by atoms with Crippen LogP contribution in [0.4, 0.5) is 22.2 Å². The van der Waals surface area contributed by atoms with E-state index < -0.39 is 11.7 Å². The molecule has 0 unspecified atom stereocenters. The van der Waals surface area contributed by atoms with Crippen molar-refractivity contribution in [3.63, 3.8) is 0 Å². The maximum Gasteiger partial charge on any atom is 0.410 e. The SMILES string of the molecule is CCNc1ncc2c(n1)N(C)CCN(c1cccc(-n3cc(CN(C)C(=O)OC(C)(C)C)cn3)c1)C2=O. The number of aromatic nitrogens is 4. The molecule has 11 nitrogen and oxygen atoms in total. The summed E-state index contributed by atoms with van der Waals surface area (Å²) in [6.07, 6.45) is 4.77. The van der Waals surface area contributed by atoms with Gasteiger partial charge in [0.2, 0.25) is 5.95 Å². The molecule has 3 aromatic rings. The van der Waals surface area contributed by atoms with Crippen molar-refractivity contribution in [3.05, 3.63) is 54.0 Å². The molecule has 0 bridgehead atoms. The highest BCUT2D eigenvalue weighted by atomic mass is 16.6. The van der Waals surface area contributed by atoms with Crippen LogP contribution in [0.2, 0.25) is 0 Å². The summed E-state index contributed by atoms with van der Waals surface area (Å²) in [6, 6.07) is 7.64. The van der Waals surface area contributed by atoms with Crippen molar-refractivity contribution in [1.82, 2.24) is 24.6 Å². The second-order valence-corrected chi connectivity index (χ2v) is 9.99. The molecule has 0 spiro atoms. The Morgan fingerprint density at radius 1 is 1.19 bits per heavy atom. The van der Waals surface area contributed by atoms with Crippen LogP contribution in [0.5, 0.6) is 0 Å². The van der Waals surface area contributed by atoms with Crippen LogP contribution in [0.1, 0.15) is 43.6 Å². The lowest BCUT2D eigenvalue weighted by atomic mass is 10.2. The van der Waals surface area contributed by atoms with Gasteiger partial charge >= 0.3 is 6.09 Å². The van der Waals surface area contributed by atoms with Crippen molar-refractivity contribution >= 4 is 29.5 Å². The fourth-order valence-corrected chi connectivity index (χ4v) is 3.97. The molecule has 0 saturated heterocycles. The zero-order valence-corrected chi connectivity index (χ0v) is 22.2. The average Bonchev–Trinajstić information content (AvgIpc) is 3.27. The maximum absolute atomic E-state index is 13.5. The van der Waals surface area contributed by atoms with Crippen LogP contribution in [0.25, 0.3) is 5.69 Å². The largest absolute Gasteiger partial charge is 0.444 e. The van der Waals surface area contributed by atoms with Crippen molar-refractivity contribution in [2.75, 3.05) is 48.8 Å². The average molecular weight is 507 g/mol. The first-order valence-corrected chi connectivity index (χ1v) is 12.3. The van der Waals surface area contributed by atoms with Gasteiger partial charge in [-0.05, 0) is 45.9 Å². The number of fused-ring (bicyclic) bond motifs is 1. The van der Waals surface area contributed by atoms with E-state index in [1.54, 1.807) is 29.0 Å². The van der Waals surface area contributed by atoms with E-state index in [0.717, 1.165) is 16.9 Å². The molecule has 1 aliphatic rings. The van der Waals surface area contributed by atoms with Gasteiger partial charge in [-0.15, -0.1) is 0 Å². The van der Waals surface area contributed by atoms with Crippen LogP contribution < -0.4 is 15.1 Å². The molecule has 3 heterocycles. The third kappa shape index (κ3) is 5.99. The van der Waals surface area contributed by atoms with Gasteiger partial charge in [0.15, 0.2) is 0 Å². The molecule has 2 amide bonds. The highest BCUT2D eigenvalue weighted by molar-refractivity contribution is 6.09. The van der Waals surface area contributed by atoms with E-state index in [2.05, 4.69) is 20.4 Å². The Morgan fingerprint density at radius 2 is 1.95 bits per heavy atom. The van der Waals surface area contributed by atoms with E-state index in [0.29, 0.717) is 43.5 Å². The zero-order valence-electron chi connectivity index (χ0n) is 22.2. The highest BCUT2D eigenvalue weighted by Gasteiger charge is 2.28. The van der Waals surface area contributed by atoms with Gasteiger partial charge in [-0.25, -0.2) is 14.5 Å². The molecule has 196 valence electrons. The molecule has 4 rings (SSSR count). The lowest BCUT2D eigenvalue weighted by Gasteiger charge is -2.24. The molecular weight excluding hydrogens is 472 g/mol. The summed E-state index contributed by atoms with van der Waals surface area (Å²) in [5.74, 6) is 0.961. The smallest absolute Gasteiger partial charge is 0.410 e. The highest BCUT2D eigenvalue weighted by Crippen LogP contribution is 2.27. The molecule has 1 N–H and O–H groups in total. The van der Waals surface area contributed by atoms with Gasteiger partial charge in [-0.2, -0.15) is 10.1 Å². The molecule has 1 aliphatic heterocycles. The standard InChI is InChI=1S/C26H34N8O3/c1-7-27-24-28-15-21-22(30-24)31(5)11-12-33(23(21)35)19-9-8-10-20(13-19)34-17-18(14-29-34)16-32(6)25(36)37-26(2,3)4/h8-10,13-15,17H,7,11-12,16H2,1-6H3,(H,27,28,30). The van der Waals surface area contributed by atoms with Gasteiger partial charge in [-0.1, -0.05) is 6.07 Å². The van der Waals surface area contributed by atoms with Gasteiger partial charge < -0.3 is 24.8 Å². The minimum absolute atomic E-state index is 0.153. The molecule has 0 saturated carbocycles. The third-order valence-electron chi connectivity index (χ3n) is 5.77. The fourth-order valence-electron chi connectivity index (χ4n) is 3.97. The summed E-state index contributed by atoms with van der Waals surface area (Å²) in [4.78, 5) is 39.9. The van der Waals surface area contributed by atoms with Gasteiger partial charge in [0.1, 0.15) is 17.0 Å². The van der Waals surface area contributed by atoms with Crippen molar-refractivity contribution in [2.45, 2.75) is 39.8 Å². The number of hydrogen-bond donors (Lipinski definition) is 1. The minimum Gasteiger partial charge on any atom is -0.444 e. The predicted molar refractivity (Wildman–Crippen MR) is 142 cm³/mol. The number of benzene rings is 1. The predicted octanol–water partition coefficient (Wildman–Crippen LogP) is 3.56. The van der Waals surface area contributed by atoms with Crippen LogP contribution >= 0.6 is 0 Å². The summed E-state index contributed by atoms with van der Waals surface area (Å²) < 4.78 is 7.16. The molecular formula is C26H34N8O3. The van der Waals surface area contributed by atoms with E-state index in [1.165, 1.54) is 4.90 Å². The van der Waals surface area contributed by atoms with E-state index in [9.17, 15) is 9.59 Å². The maximum atomic E-state index is 13.5. The number of amides is 2. The number of carbonyl (C=O) groups is 2. The van der Waals surface area contributed by atoms with Crippen molar-refractivity contribution in [1.29, 1.82) is 0 Å². The van der Waals surface area contributed by atoms with E-state index in [4.69, 9.17) is 4.74 Å². The van der Waals surface area contributed by atoms with E-state index in [-0.39, 0.29) is 5.91 Å². The monoisotopic (exact) mass is 506 g/mol. The van der Waals surface area contributed by atoms with E-state index >= 15 is 0 Å². The van der Waals surface area contributed by atoms with Crippen LogP contribution in [0.3, 0.4) is 0 Å². The van der Waals surface area contributed by atoms with Gasteiger partial charge in [0, 0.05) is 57.4 Å². The molecule has 0 radical (unpaired) electrons. The number of carbonyl (C=O) groups excluding carboxylic acids is 2. The third-order valence-corrected chi connectivity index (χ3v) is 5.77. The Labute approximate surface area is 217 Å². The fraction of sp³-hybridized carbons (Fsp3) is 0.423. The summed E-state index contributed by atoms with van der Waals surface area (Å²) in [5, 5.41) is 7.57. The first-order chi connectivity index (χ1) is 17.6. The quantitative estimate of drug-likeness (QED) is 0.541. The topological polar surface area (TPSA) is 109 Å². The molecule has 0 fully saturated rings. The molecule has 0 aliphatic carbocycles. The Kier molecular flexibility index (Phi) is 7.33. The minimum atomic E-state index is -0.559. The Hall–Kier alpha value is -4.15. The summed E-state index contributed by atoms with van der Waals surface area (Å²) in [5.41, 5.74) is 2.31. The Balaban J connectivity index is 1.54. The lowest BCUT2D eigenvalue weighted by molar-refractivity contribution is 0.0285. The number of rotatable bonds is 6. The van der Waals surface area contributed by atoms with Gasteiger partial charge in [0.05, 0.1) is 18.4 Å². The van der Waals surface area contributed by atoms with Gasteiger partial charge in [-0.3, -0.25) is 4.79 Å². The Bertz CT molecular complexity index is 1280. The van der Waals surface area contributed by atoms with Crippen molar-refractivity contribution in [2.24, 2.45) is 0 Å². The number of nitrogens with zero attached hydrogens (tertiary/aromatic N) is 7. The summed E-state index contributed by atoms with van der Waals surface area (Å²) in [7, 11) is 3.62. The van der Waals surface area contributed by atoms with Crippen molar-refractivity contribution < 1.29 is 14.3 Å². The van der Waals surface area contributed by atoms with Crippen LogP contribution in [0, 0.1) is 0 Å². The number of hydrogen-bond acceptors (Lipinski definition) is 8. The summed E-state index contributed by atoms with van der Waals surface area (Å²) >= 11 is 0. The molecule has 0 atom stereocenters. The number of anilines is 3.